The Labute approximate surface area is 187 Å². The minimum Gasteiger partial charge on any atom is -0.378 e. The molecule has 0 spiro atoms. The van der Waals surface area contributed by atoms with Crippen LogP contribution in [-0.4, -0.2) is 47.0 Å². The molecule has 0 radical (unpaired) electrons. The molecule has 3 aromatic rings. The summed E-state index contributed by atoms with van der Waals surface area (Å²) in [6.45, 7) is 9.38. The van der Waals surface area contributed by atoms with Crippen LogP contribution in [0.1, 0.15) is 18.1 Å². The second-order valence-electron chi connectivity index (χ2n) is 7.77. The predicted molar refractivity (Wildman–Crippen MR) is 126 cm³/mol. The van der Waals surface area contributed by atoms with E-state index in [9.17, 15) is 4.79 Å². The first kappa shape index (κ1) is 21.5. The van der Waals surface area contributed by atoms with Crippen molar-refractivity contribution in [3.05, 3.63) is 66.0 Å². The number of anilines is 2. The fourth-order valence-electron chi connectivity index (χ4n) is 3.67. The van der Waals surface area contributed by atoms with Gasteiger partial charge in [-0.15, -0.1) is 0 Å². The Balaban J connectivity index is 1.40. The Kier molecular flexibility index (Phi) is 6.63. The number of rotatable bonds is 6. The van der Waals surface area contributed by atoms with Gasteiger partial charge in [0.05, 0.1) is 24.2 Å². The first-order valence-corrected chi connectivity index (χ1v) is 11.4. The van der Waals surface area contributed by atoms with Gasteiger partial charge in [-0.2, -0.15) is 0 Å². The Morgan fingerprint density at radius 2 is 1.87 bits per heavy atom. The van der Waals surface area contributed by atoms with E-state index in [0.717, 1.165) is 48.5 Å². The van der Waals surface area contributed by atoms with Crippen molar-refractivity contribution in [3.8, 4) is 5.69 Å². The highest BCUT2D eigenvalue weighted by Gasteiger charge is 2.19. The zero-order chi connectivity index (χ0) is 21.8. The fraction of sp³-hybridized carbons (Fsp3) is 0.333. The molecular formula is C24H28N4O2S. The van der Waals surface area contributed by atoms with Gasteiger partial charge in [0.2, 0.25) is 5.91 Å². The van der Waals surface area contributed by atoms with E-state index in [4.69, 9.17) is 4.74 Å². The number of nitrogens with one attached hydrogen (secondary N) is 1. The average molecular weight is 437 g/mol. The molecule has 1 aliphatic rings. The van der Waals surface area contributed by atoms with Crippen LogP contribution in [0.2, 0.25) is 0 Å². The summed E-state index contributed by atoms with van der Waals surface area (Å²) in [5.41, 5.74) is 5.43. The number of aryl methyl sites for hydroxylation is 2. The van der Waals surface area contributed by atoms with E-state index in [2.05, 4.69) is 47.2 Å². The molecule has 1 aliphatic heterocycles. The van der Waals surface area contributed by atoms with Crippen molar-refractivity contribution in [2.45, 2.75) is 31.2 Å². The molecule has 0 saturated carbocycles. The van der Waals surface area contributed by atoms with E-state index in [1.807, 2.05) is 42.0 Å². The maximum atomic E-state index is 12.8. The lowest BCUT2D eigenvalue weighted by molar-refractivity contribution is -0.115. The molecule has 1 N–H and O–H groups in total. The van der Waals surface area contributed by atoms with Gasteiger partial charge in [-0.25, -0.2) is 4.98 Å². The van der Waals surface area contributed by atoms with Crippen molar-refractivity contribution >= 4 is 29.0 Å². The molecule has 2 aromatic carbocycles. The van der Waals surface area contributed by atoms with Crippen LogP contribution in [0.15, 0.2) is 60.0 Å². The summed E-state index contributed by atoms with van der Waals surface area (Å²) in [5.74, 6) is -0.0423. The molecule has 0 bridgehead atoms. The van der Waals surface area contributed by atoms with Gasteiger partial charge in [-0.05, 0) is 56.7 Å². The van der Waals surface area contributed by atoms with Crippen LogP contribution < -0.4 is 10.2 Å². The second-order valence-corrected chi connectivity index (χ2v) is 9.07. The fourth-order valence-corrected chi connectivity index (χ4v) is 4.55. The van der Waals surface area contributed by atoms with Gasteiger partial charge >= 0.3 is 0 Å². The number of carbonyl (C=O) groups excluding carboxylic acids is 1. The number of hydrogen-bond donors (Lipinski definition) is 1. The number of imidazole rings is 1. The summed E-state index contributed by atoms with van der Waals surface area (Å²) in [6, 6.07) is 14.3. The normalized spacial score (nSPS) is 15.0. The zero-order valence-corrected chi connectivity index (χ0v) is 19.0. The van der Waals surface area contributed by atoms with Gasteiger partial charge in [0.15, 0.2) is 5.16 Å². The molecule has 1 amide bonds. The molecule has 0 aliphatic carbocycles. The summed E-state index contributed by atoms with van der Waals surface area (Å²) in [4.78, 5) is 19.6. The smallest absolute Gasteiger partial charge is 0.237 e. The Morgan fingerprint density at radius 3 is 2.58 bits per heavy atom. The molecule has 2 heterocycles. The Hall–Kier alpha value is -2.77. The SMILES string of the molecule is Cc1ccc(-n2ccnc2SC(C)C(=O)Nc2ccc(N3CCOCC3)cc2)c(C)c1. The van der Waals surface area contributed by atoms with Crippen LogP contribution in [-0.2, 0) is 9.53 Å². The van der Waals surface area contributed by atoms with Crippen molar-refractivity contribution in [1.82, 2.24) is 9.55 Å². The number of thioether (sulfide) groups is 1. The maximum absolute atomic E-state index is 12.8. The lowest BCUT2D eigenvalue weighted by Crippen LogP contribution is -2.36. The molecule has 4 rings (SSSR count). The lowest BCUT2D eigenvalue weighted by Gasteiger charge is -2.28. The molecule has 1 atom stereocenters. The van der Waals surface area contributed by atoms with E-state index < -0.39 is 0 Å². The van der Waals surface area contributed by atoms with Crippen molar-refractivity contribution in [3.63, 3.8) is 0 Å². The molecule has 6 nitrogen and oxygen atoms in total. The highest BCUT2D eigenvalue weighted by Crippen LogP contribution is 2.27. The van der Waals surface area contributed by atoms with Crippen LogP contribution >= 0.6 is 11.8 Å². The van der Waals surface area contributed by atoms with E-state index in [1.54, 1.807) is 6.20 Å². The number of nitrogens with zero attached hydrogens (tertiary/aromatic N) is 3. The van der Waals surface area contributed by atoms with Crippen molar-refractivity contribution < 1.29 is 9.53 Å². The van der Waals surface area contributed by atoms with Crippen LogP contribution in [0.5, 0.6) is 0 Å². The van der Waals surface area contributed by atoms with Gasteiger partial charge in [0.1, 0.15) is 0 Å². The number of ether oxygens (including phenoxy) is 1. The monoisotopic (exact) mass is 436 g/mol. The largest absolute Gasteiger partial charge is 0.378 e. The van der Waals surface area contributed by atoms with Gasteiger partial charge in [-0.3, -0.25) is 9.36 Å². The van der Waals surface area contributed by atoms with Gasteiger partial charge in [0, 0.05) is 36.9 Å². The molecule has 1 aromatic heterocycles. The molecule has 1 unspecified atom stereocenters. The van der Waals surface area contributed by atoms with Gasteiger partial charge in [-0.1, -0.05) is 29.5 Å². The summed E-state index contributed by atoms with van der Waals surface area (Å²) in [5, 5.41) is 3.54. The third kappa shape index (κ3) is 5.11. The van der Waals surface area contributed by atoms with E-state index in [1.165, 1.54) is 22.9 Å². The van der Waals surface area contributed by atoms with Crippen molar-refractivity contribution in [2.24, 2.45) is 0 Å². The lowest BCUT2D eigenvalue weighted by atomic mass is 10.1. The number of hydrogen-bond acceptors (Lipinski definition) is 5. The van der Waals surface area contributed by atoms with Crippen LogP contribution in [0, 0.1) is 13.8 Å². The molecule has 7 heteroatoms. The zero-order valence-electron chi connectivity index (χ0n) is 18.2. The first-order valence-electron chi connectivity index (χ1n) is 10.5. The summed E-state index contributed by atoms with van der Waals surface area (Å²) in [6.07, 6.45) is 3.71. The number of amides is 1. The molecule has 1 saturated heterocycles. The number of aromatic nitrogens is 2. The minimum absolute atomic E-state index is 0.0423. The number of benzene rings is 2. The topological polar surface area (TPSA) is 59.4 Å². The highest BCUT2D eigenvalue weighted by atomic mass is 32.2. The minimum atomic E-state index is -0.286. The van der Waals surface area contributed by atoms with Gasteiger partial charge in [0.25, 0.3) is 0 Å². The number of carbonyl (C=O) groups is 1. The summed E-state index contributed by atoms with van der Waals surface area (Å²) >= 11 is 1.46. The summed E-state index contributed by atoms with van der Waals surface area (Å²) in [7, 11) is 0. The van der Waals surface area contributed by atoms with Crippen LogP contribution in [0.4, 0.5) is 11.4 Å². The Bertz CT molecular complexity index is 1040. The Morgan fingerprint density at radius 1 is 1.13 bits per heavy atom. The van der Waals surface area contributed by atoms with Crippen molar-refractivity contribution in [2.75, 3.05) is 36.5 Å². The summed E-state index contributed by atoms with van der Waals surface area (Å²) < 4.78 is 7.45. The molecular weight excluding hydrogens is 408 g/mol. The molecule has 162 valence electrons. The quantitative estimate of drug-likeness (QED) is 0.579. The van der Waals surface area contributed by atoms with E-state index in [-0.39, 0.29) is 11.2 Å². The van der Waals surface area contributed by atoms with Gasteiger partial charge < -0.3 is 15.0 Å². The van der Waals surface area contributed by atoms with Crippen molar-refractivity contribution in [1.29, 1.82) is 0 Å². The highest BCUT2D eigenvalue weighted by molar-refractivity contribution is 8.00. The first-order chi connectivity index (χ1) is 15.0. The van der Waals surface area contributed by atoms with E-state index >= 15 is 0 Å². The average Bonchev–Trinajstić information content (AvgIpc) is 3.22. The number of morpholine rings is 1. The molecule has 1 fully saturated rings. The second kappa shape index (κ2) is 9.58. The molecule has 31 heavy (non-hydrogen) atoms. The predicted octanol–water partition coefficient (Wildman–Crippen LogP) is 4.45. The maximum Gasteiger partial charge on any atom is 0.237 e. The third-order valence-corrected chi connectivity index (χ3v) is 6.46. The van der Waals surface area contributed by atoms with Crippen LogP contribution in [0.25, 0.3) is 5.69 Å². The standard InChI is InChI=1S/C24H28N4O2S/c1-17-4-9-22(18(2)16-17)28-11-10-25-24(28)31-19(3)23(29)26-20-5-7-21(8-6-20)27-12-14-30-15-13-27/h4-11,16,19H,12-15H2,1-3H3,(H,26,29). The van der Waals surface area contributed by atoms with E-state index in [0.29, 0.717) is 0 Å². The third-order valence-electron chi connectivity index (χ3n) is 5.38. The van der Waals surface area contributed by atoms with Crippen LogP contribution in [0.3, 0.4) is 0 Å².